The van der Waals surface area contributed by atoms with Crippen LogP contribution >= 0.6 is 0 Å². The van der Waals surface area contributed by atoms with E-state index in [1.165, 1.54) is 31.3 Å². The zero-order valence-electron chi connectivity index (χ0n) is 25.0. The number of alkyl halides is 3. The highest BCUT2D eigenvalue weighted by molar-refractivity contribution is 7.89. The van der Waals surface area contributed by atoms with Crippen molar-refractivity contribution >= 4 is 21.8 Å². The Hall–Kier alpha value is -3.66. The molecule has 44 heavy (non-hydrogen) atoms. The molecule has 0 unspecified atom stereocenters. The van der Waals surface area contributed by atoms with Gasteiger partial charge in [0.25, 0.3) is 0 Å². The predicted molar refractivity (Wildman–Crippen MR) is 159 cm³/mol. The van der Waals surface area contributed by atoms with E-state index < -0.39 is 33.5 Å². The number of nitrogens with zero attached hydrogens (tertiary/aromatic N) is 2. The molecule has 15 heteroatoms. The van der Waals surface area contributed by atoms with Gasteiger partial charge in [-0.15, -0.1) is 0 Å². The maximum Gasteiger partial charge on any atom is 0.416 e. The van der Waals surface area contributed by atoms with E-state index in [0.29, 0.717) is 62.0 Å². The van der Waals surface area contributed by atoms with Crippen molar-refractivity contribution in [2.45, 2.75) is 50.5 Å². The Morgan fingerprint density at radius 1 is 0.977 bits per heavy atom. The molecule has 3 N–H and O–H groups in total. The number of aromatic nitrogens is 2. The number of carbonyl (C=O) groups excluding carboxylic acids is 1. The van der Waals surface area contributed by atoms with Gasteiger partial charge in [-0.05, 0) is 63.7 Å². The molecule has 2 aromatic carbocycles. The van der Waals surface area contributed by atoms with E-state index in [9.17, 15) is 26.4 Å². The number of benzene rings is 2. The van der Waals surface area contributed by atoms with E-state index in [0.717, 1.165) is 12.1 Å². The monoisotopic (exact) mass is 641 g/mol. The molecule has 3 aromatic rings. The van der Waals surface area contributed by atoms with E-state index in [4.69, 9.17) is 14.2 Å². The number of anilines is 1. The zero-order chi connectivity index (χ0) is 32.4. The number of hydrogen-bond acceptors (Lipinski definition) is 8. The van der Waals surface area contributed by atoms with E-state index in [1.807, 2.05) is 0 Å². The van der Waals surface area contributed by atoms with Crippen molar-refractivity contribution in [1.29, 1.82) is 0 Å². The van der Waals surface area contributed by atoms with Gasteiger partial charge in [-0.25, -0.2) is 22.9 Å². The van der Waals surface area contributed by atoms with Crippen molar-refractivity contribution in [3.05, 3.63) is 66.1 Å². The lowest BCUT2D eigenvalue weighted by molar-refractivity contribution is -0.137. The molecule has 0 aliphatic rings. The maximum absolute atomic E-state index is 12.9. The molecule has 11 nitrogen and oxygen atoms in total. The van der Waals surface area contributed by atoms with Crippen LogP contribution in [0.4, 0.5) is 23.7 Å². The van der Waals surface area contributed by atoms with Gasteiger partial charge < -0.3 is 29.4 Å². The summed E-state index contributed by atoms with van der Waals surface area (Å²) in [4.78, 5) is 16.1. The summed E-state index contributed by atoms with van der Waals surface area (Å²) in [7, 11) is -2.43. The van der Waals surface area contributed by atoms with Crippen molar-refractivity contribution < 1.29 is 40.6 Å². The molecule has 0 aliphatic carbocycles. The summed E-state index contributed by atoms with van der Waals surface area (Å²) in [5.74, 6) is 0. The van der Waals surface area contributed by atoms with Crippen LogP contribution in [0.3, 0.4) is 0 Å². The predicted octanol–water partition coefficient (Wildman–Crippen LogP) is 4.65. The van der Waals surface area contributed by atoms with Crippen molar-refractivity contribution in [3.8, 4) is 11.3 Å². The first kappa shape index (κ1) is 34.8. The second-order valence-electron chi connectivity index (χ2n) is 10.6. The molecule has 0 spiro atoms. The minimum absolute atomic E-state index is 0.0363. The van der Waals surface area contributed by atoms with Crippen LogP contribution in [0.5, 0.6) is 0 Å². The zero-order valence-corrected chi connectivity index (χ0v) is 25.8. The number of carbonyl (C=O) groups is 1. The van der Waals surface area contributed by atoms with Gasteiger partial charge in [-0.1, -0.05) is 12.1 Å². The number of alkyl carbamates (subject to hydrolysis) is 1. The topological polar surface area (TPSA) is 133 Å². The van der Waals surface area contributed by atoms with Gasteiger partial charge >= 0.3 is 12.3 Å². The third kappa shape index (κ3) is 11.1. The molecule has 0 bridgehead atoms. The van der Waals surface area contributed by atoms with Crippen molar-refractivity contribution in [2.75, 3.05) is 45.3 Å². The number of hydrogen-bond donors (Lipinski definition) is 3. The lowest BCUT2D eigenvalue weighted by Crippen LogP contribution is -2.34. The normalized spacial score (nSPS) is 12.2. The van der Waals surface area contributed by atoms with Crippen LogP contribution in [0.2, 0.25) is 0 Å². The molecule has 242 valence electrons. The molecule has 3 rings (SSSR count). The van der Waals surface area contributed by atoms with Crippen LogP contribution in [0.1, 0.15) is 31.9 Å². The number of sulfonamides is 1. The Bertz CT molecular complexity index is 1470. The van der Waals surface area contributed by atoms with Crippen LogP contribution in [0, 0.1) is 0 Å². The van der Waals surface area contributed by atoms with Gasteiger partial charge in [0.05, 0.1) is 48.9 Å². The standard InChI is InChI=1S/C29H38F3N5O6S/c1-28(2,3)43-27(38)34-11-13-41-15-16-42-14-12-37-19-26(36-20-37)24-17-23(44(39,40)33-4)9-10-25(24)35-18-21-5-7-22(8-6-21)29(30,31)32/h5-10,17,19-20,33,35H,11-16,18H2,1-4H3,(H,34,38). The summed E-state index contributed by atoms with van der Waals surface area (Å²) in [5.41, 5.74) is 0.860. The summed E-state index contributed by atoms with van der Waals surface area (Å²) in [5, 5.41) is 5.78. The molecule has 0 fully saturated rings. The molecule has 0 radical (unpaired) electrons. The SMILES string of the molecule is CNS(=O)(=O)c1ccc(NCc2ccc(C(F)(F)F)cc2)c(-c2cn(CCOCCOCCNC(=O)OC(C)(C)C)cn2)c1. The molecular weight excluding hydrogens is 603 g/mol. The first-order chi connectivity index (χ1) is 20.7. The van der Waals surface area contributed by atoms with Gasteiger partial charge in [0.2, 0.25) is 10.0 Å². The highest BCUT2D eigenvalue weighted by Crippen LogP contribution is 2.31. The fourth-order valence-electron chi connectivity index (χ4n) is 3.84. The Morgan fingerprint density at radius 3 is 2.30 bits per heavy atom. The smallest absolute Gasteiger partial charge is 0.416 e. The average molecular weight is 642 g/mol. The largest absolute Gasteiger partial charge is 0.444 e. The number of amides is 1. The molecule has 1 amide bonds. The number of nitrogens with one attached hydrogen (secondary N) is 3. The Kier molecular flexibility index (Phi) is 12.2. The lowest BCUT2D eigenvalue weighted by Gasteiger charge is -2.19. The summed E-state index contributed by atoms with van der Waals surface area (Å²) >= 11 is 0. The van der Waals surface area contributed by atoms with E-state index in [-0.39, 0.29) is 11.4 Å². The van der Waals surface area contributed by atoms with Crippen molar-refractivity contribution in [3.63, 3.8) is 0 Å². The van der Waals surface area contributed by atoms with Crippen molar-refractivity contribution in [1.82, 2.24) is 19.6 Å². The van der Waals surface area contributed by atoms with Gasteiger partial charge in [0, 0.05) is 37.1 Å². The number of rotatable bonds is 15. The van der Waals surface area contributed by atoms with Crippen LogP contribution in [-0.2, 0) is 43.5 Å². The Morgan fingerprint density at radius 2 is 1.66 bits per heavy atom. The molecule has 0 saturated carbocycles. The van der Waals surface area contributed by atoms with Gasteiger partial charge in [0.1, 0.15) is 5.60 Å². The first-order valence-corrected chi connectivity index (χ1v) is 15.3. The molecule has 0 saturated heterocycles. The number of ether oxygens (including phenoxy) is 3. The summed E-state index contributed by atoms with van der Waals surface area (Å²) in [6.45, 7) is 7.69. The van der Waals surface area contributed by atoms with Crippen LogP contribution in [-0.4, -0.2) is 69.7 Å². The highest BCUT2D eigenvalue weighted by Gasteiger charge is 2.30. The van der Waals surface area contributed by atoms with Crippen molar-refractivity contribution in [2.24, 2.45) is 0 Å². The minimum atomic E-state index is -4.42. The highest BCUT2D eigenvalue weighted by atomic mass is 32.2. The molecule has 1 heterocycles. The molecular formula is C29H38F3N5O6S. The Balaban J connectivity index is 1.54. The number of halogens is 3. The summed E-state index contributed by atoms with van der Waals surface area (Å²) in [6.07, 6.45) is -1.59. The van der Waals surface area contributed by atoms with Crippen LogP contribution in [0.25, 0.3) is 11.3 Å². The Labute approximate surface area is 255 Å². The summed E-state index contributed by atoms with van der Waals surface area (Å²) < 4.78 is 83.9. The van der Waals surface area contributed by atoms with Gasteiger partial charge in [0.15, 0.2) is 0 Å². The second kappa shape index (κ2) is 15.4. The fraction of sp³-hybridized carbons (Fsp3) is 0.448. The third-order valence-corrected chi connectivity index (χ3v) is 7.44. The average Bonchev–Trinajstić information content (AvgIpc) is 3.42. The van der Waals surface area contributed by atoms with E-state index in [1.54, 1.807) is 43.9 Å². The van der Waals surface area contributed by atoms with Gasteiger partial charge in [-0.2, -0.15) is 13.2 Å². The molecule has 0 atom stereocenters. The third-order valence-electron chi connectivity index (χ3n) is 6.02. The lowest BCUT2D eigenvalue weighted by atomic mass is 10.1. The second-order valence-corrected chi connectivity index (χ2v) is 12.5. The first-order valence-electron chi connectivity index (χ1n) is 13.8. The quantitative estimate of drug-likeness (QED) is 0.205. The maximum atomic E-state index is 12.9. The van der Waals surface area contributed by atoms with Crippen LogP contribution < -0.4 is 15.4 Å². The summed E-state index contributed by atoms with van der Waals surface area (Å²) in [6, 6.07) is 9.31. The fourth-order valence-corrected chi connectivity index (χ4v) is 4.59. The molecule has 1 aromatic heterocycles. The minimum Gasteiger partial charge on any atom is -0.444 e. The van der Waals surface area contributed by atoms with Crippen LogP contribution in [0.15, 0.2) is 59.9 Å². The number of imidazole rings is 1. The van der Waals surface area contributed by atoms with Gasteiger partial charge in [-0.3, -0.25) is 0 Å². The van der Waals surface area contributed by atoms with E-state index >= 15 is 0 Å². The molecule has 0 aliphatic heterocycles. The van der Waals surface area contributed by atoms with E-state index in [2.05, 4.69) is 20.3 Å².